The van der Waals surface area contributed by atoms with Crippen molar-refractivity contribution in [1.29, 1.82) is 0 Å². The summed E-state index contributed by atoms with van der Waals surface area (Å²) in [7, 11) is 0. The quantitative estimate of drug-likeness (QED) is 0.824. The first-order valence-corrected chi connectivity index (χ1v) is 5.40. The molecule has 80 valence electrons. The third-order valence-electron chi connectivity index (χ3n) is 3.03. The average molecular weight is 206 g/mol. The van der Waals surface area contributed by atoms with E-state index in [1.807, 2.05) is 18.2 Å². The Morgan fingerprint density at radius 1 is 1.27 bits per heavy atom. The highest BCUT2D eigenvalue weighted by Gasteiger charge is 2.26. The molecule has 2 aliphatic rings. The lowest BCUT2D eigenvalue weighted by molar-refractivity contribution is 0.159. The van der Waals surface area contributed by atoms with E-state index in [0.29, 0.717) is 0 Å². The Morgan fingerprint density at radius 3 is 2.87 bits per heavy atom. The van der Waals surface area contributed by atoms with E-state index in [4.69, 9.17) is 9.47 Å². The number of fused-ring (bicyclic) bond motifs is 1. The van der Waals surface area contributed by atoms with E-state index in [1.165, 1.54) is 12.8 Å². The molecule has 1 unspecified atom stereocenters. The van der Waals surface area contributed by atoms with E-state index < -0.39 is 0 Å². The van der Waals surface area contributed by atoms with Gasteiger partial charge in [0.25, 0.3) is 0 Å². The Balaban J connectivity index is 1.78. The summed E-state index contributed by atoms with van der Waals surface area (Å²) in [6, 6.07) is 5.67. The van der Waals surface area contributed by atoms with Gasteiger partial charge in [0.15, 0.2) is 11.5 Å². The second kappa shape index (κ2) is 3.42. The first kappa shape index (κ1) is 9.04. The Labute approximate surface area is 88.6 Å². The predicted molar refractivity (Wildman–Crippen MR) is 54.9 cm³/mol. The second-order valence-corrected chi connectivity index (χ2v) is 4.31. The molecule has 1 aliphatic carbocycles. The Bertz CT molecular complexity index is 371. The van der Waals surface area contributed by atoms with Crippen LogP contribution in [0.3, 0.4) is 0 Å². The lowest BCUT2D eigenvalue weighted by Gasteiger charge is -2.10. The molecular weight excluding hydrogens is 192 g/mol. The van der Waals surface area contributed by atoms with Crippen molar-refractivity contribution in [1.82, 2.24) is 0 Å². The van der Waals surface area contributed by atoms with Crippen molar-refractivity contribution in [2.75, 3.05) is 6.79 Å². The zero-order chi connectivity index (χ0) is 10.3. The van der Waals surface area contributed by atoms with Gasteiger partial charge in [0.05, 0.1) is 6.10 Å². The summed E-state index contributed by atoms with van der Waals surface area (Å²) in [4.78, 5) is 0. The first-order chi connectivity index (χ1) is 7.33. The Morgan fingerprint density at radius 2 is 2.07 bits per heavy atom. The van der Waals surface area contributed by atoms with Gasteiger partial charge in [-0.3, -0.25) is 0 Å². The zero-order valence-corrected chi connectivity index (χ0v) is 8.48. The van der Waals surface area contributed by atoms with E-state index >= 15 is 0 Å². The van der Waals surface area contributed by atoms with Gasteiger partial charge in [0.2, 0.25) is 6.79 Å². The fourth-order valence-corrected chi connectivity index (χ4v) is 1.93. The van der Waals surface area contributed by atoms with Crippen LogP contribution in [0.1, 0.15) is 30.9 Å². The van der Waals surface area contributed by atoms with Crippen LogP contribution in [0.25, 0.3) is 0 Å². The molecule has 0 radical (unpaired) electrons. The largest absolute Gasteiger partial charge is 0.454 e. The maximum Gasteiger partial charge on any atom is 0.231 e. The number of hydrogen-bond acceptors (Lipinski definition) is 3. The van der Waals surface area contributed by atoms with Crippen LogP contribution >= 0.6 is 0 Å². The topological polar surface area (TPSA) is 38.7 Å². The van der Waals surface area contributed by atoms with Crippen molar-refractivity contribution < 1.29 is 14.6 Å². The molecule has 3 rings (SSSR count). The van der Waals surface area contributed by atoms with Crippen LogP contribution in [0.15, 0.2) is 18.2 Å². The van der Waals surface area contributed by atoms with E-state index in [-0.39, 0.29) is 12.9 Å². The van der Waals surface area contributed by atoms with Crippen LogP contribution in [0.4, 0.5) is 0 Å². The molecular formula is C12H14O3. The summed E-state index contributed by atoms with van der Waals surface area (Å²) in [6.45, 7) is 0.289. The minimum atomic E-state index is -0.355. The molecule has 0 saturated heterocycles. The van der Waals surface area contributed by atoms with Crippen LogP contribution in [-0.2, 0) is 0 Å². The van der Waals surface area contributed by atoms with Gasteiger partial charge in [-0.1, -0.05) is 18.9 Å². The number of benzene rings is 1. The summed E-state index contributed by atoms with van der Waals surface area (Å²) in [6.07, 6.45) is 3.05. The molecule has 1 aromatic rings. The van der Waals surface area contributed by atoms with Crippen molar-refractivity contribution in [2.24, 2.45) is 5.92 Å². The van der Waals surface area contributed by atoms with Gasteiger partial charge < -0.3 is 14.6 Å². The molecule has 0 amide bonds. The minimum Gasteiger partial charge on any atom is -0.454 e. The molecule has 1 N–H and O–H groups in total. The highest BCUT2D eigenvalue weighted by molar-refractivity contribution is 5.45. The van der Waals surface area contributed by atoms with Gasteiger partial charge in [-0.05, 0) is 30.0 Å². The van der Waals surface area contributed by atoms with Crippen LogP contribution < -0.4 is 9.47 Å². The number of ether oxygens (including phenoxy) is 2. The number of hydrogen-bond donors (Lipinski definition) is 1. The van der Waals surface area contributed by atoms with Crippen molar-refractivity contribution >= 4 is 0 Å². The van der Waals surface area contributed by atoms with Crippen LogP contribution in [0.2, 0.25) is 0 Å². The van der Waals surface area contributed by atoms with Crippen LogP contribution in [-0.4, -0.2) is 11.9 Å². The lowest BCUT2D eigenvalue weighted by atomic mass is 10.0. The minimum absolute atomic E-state index is 0.289. The monoisotopic (exact) mass is 206 g/mol. The fourth-order valence-electron chi connectivity index (χ4n) is 1.93. The van der Waals surface area contributed by atoms with Crippen LogP contribution in [0, 0.1) is 5.92 Å². The fraction of sp³-hybridized carbons (Fsp3) is 0.500. The lowest BCUT2D eigenvalue weighted by Crippen LogP contribution is -1.98. The highest BCUT2D eigenvalue weighted by atomic mass is 16.7. The normalized spacial score (nSPS) is 20.3. The van der Waals surface area contributed by atoms with Crippen molar-refractivity contribution in [3.63, 3.8) is 0 Å². The molecule has 1 fully saturated rings. The Kier molecular flexibility index (Phi) is 2.06. The SMILES string of the molecule is OC(CC1CC1)c1ccc2c(c1)OCO2. The van der Waals surface area contributed by atoms with Crippen molar-refractivity contribution in [2.45, 2.75) is 25.4 Å². The zero-order valence-electron chi connectivity index (χ0n) is 8.48. The maximum atomic E-state index is 9.97. The Hall–Kier alpha value is -1.22. The molecule has 1 aromatic carbocycles. The molecule has 1 heterocycles. The van der Waals surface area contributed by atoms with E-state index in [0.717, 1.165) is 29.4 Å². The molecule has 1 aliphatic heterocycles. The van der Waals surface area contributed by atoms with Gasteiger partial charge in [-0.15, -0.1) is 0 Å². The summed E-state index contributed by atoms with van der Waals surface area (Å²) < 4.78 is 10.5. The summed E-state index contributed by atoms with van der Waals surface area (Å²) in [5, 5.41) is 9.97. The average Bonchev–Trinajstić information content (AvgIpc) is 2.94. The molecule has 0 aromatic heterocycles. The van der Waals surface area contributed by atoms with Crippen LogP contribution in [0.5, 0.6) is 11.5 Å². The molecule has 1 atom stereocenters. The second-order valence-electron chi connectivity index (χ2n) is 4.31. The van der Waals surface area contributed by atoms with Gasteiger partial charge in [0.1, 0.15) is 0 Å². The van der Waals surface area contributed by atoms with Gasteiger partial charge in [-0.2, -0.15) is 0 Å². The molecule has 15 heavy (non-hydrogen) atoms. The number of aliphatic hydroxyl groups is 1. The molecule has 0 bridgehead atoms. The molecule has 0 spiro atoms. The maximum absolute atomic E-state index is 9.97. The third-order valence-corrected chi connectivity index (χ3v) is 3.03. The molecule has 3 nitrogen and oxygen atoms in total. The smallest absolute Gasteiger partial charge is 0.231 e. The van der Waals surface area contributed by atoms with Gasteiger partial charge >= 0.3 is 0 Å². The predicted octanol–water partition coefficient (Wildman–Crippen LogP) is 2.25. The summed E-state index contributed by atoms with van der Waals surface area (Å²) in [5.74, 6) is 2.25. The van der Waals surface area contributed by atoms with Gasteiger partial charge in [0, 0.05) is 0 Å². The van der Waals surface area contributed by atoms with Crippen molar-refractivity contribution in [3.05, 3.63) is 23.8 Å². The molecule has 3 heteroatoms. The first-order valence-electron chi connectivity index (χ1n) is 5.40. The molecule has 1 saturated carbocycles. The van der Waals surface area contributed by atoms with Crippen molar-refractivity contribution in [3.8, 4) is 11.5 Å². The summed E-state index contributed by atoms with van der Waals surface area (Å²) in [5.41, 5.74) is 0.936. The van der Waals surface area contributed by atoms with E-state index in [1.54, 1.807) is 0 Å². The highest BCUT2D eigenvalue weighted by Crippen LogP contribution is 2.40. The van der Waals surface area contributed by atoms with E-state index in [2.05, 4.69) is 0 Å². The summed E-state index contributed by atoms with van der Waals surface area (Å²) >= 11 is 0. The number of rotatable bonds is 3. The van der Waals surface area contributed by atoms with E-state index in [9.17, 15) is 5.11 Å². The standard InChI is InChI=1S/C12H14O3/c13-10(5-8-1-2-8)9-3-4-11-12(6-9)15-7-14-11/h3-4,6,8,10,13H,1-2,5,7H2. The van der Waals surface area contributed by atoms with Gasteiger partial charge in [-0.25, -0.2) is 0 Å². The third kappa shape index (κ3) is 1.79. The number of aliphatic hydroxyl groups excluding tert-OH is 1.